The number of likely N-dealkylation sites (tertiary alicyclic amines) is 1. The van der Waals surface area contributed by atoms with Crippen molar-refractivity contribution >= 4 is 38.4 Å². The Morgan fingerprint density at radius 1 is 0.979 bits per heavy atom. The molecule has 4 fully saturated rings. The molecule has 2 radical (unpaired) electrons. The first-order valence-electron chi connectivity index (χ1n) is 17.1. The summed E-state index contributed by atoms with van der Waals surface area (Å²) < 4.78 is 30.0. The number of aromatic carboxylic acids is 1. The number of ketones is 1. The lowest BCUT2D eigenvalue weighted by molar-refractivity contribution is -0.0494. The molecule has 8 nitrogen and oxygen atoms in total. The smallest absolute Gasteiger partial charge is 0.335 e. The van der Waals surface area contributed by atoms with Crippen LogP contribution in [-0.2, 0) is 11.3 Å². The fourth-order valence-electron chi connectivity index (χ4n) is 7.70. The standard InChI is InChI=1S/C38H36FN3O5Si/c39-28-18-24(34(43)22-4-5-22)6-9-27(28)31-11-8-23-2-1-3-26(35(23)47-31)21-12-15-41(16-13-21)20-33-40-29-10-7-25(38(44)45)19-30(29)42(33)37-36(48-37)32-14-17-46-32/h1-3,6-11,18-19,21-22,31-32,36-37H,4-5,12-17,20H2,(H,44,45)/t31-,32+,36?,37?/m1/s1. The van der Waals surface area contributed by atoms with Crippen molar-refractivity contribution < 1.29 is 28.6 Å². The average Bonchev–Trinajstić information content (AvgIpc) is 4.01. The van der Waals surface area contributed by atoms with E-state index in [1.54, 1.807) is 24.3 Å². The number of imidazole rings is 1. The number of halogens is 1. The van der Waals surface area contributed by atoms with Crippen LogP contribution in [0, 0.1) is 11.7 Å². The largest absolute Gasteiger partial charge is 0.481 e. The summed E-state index contributed by atoms with van der Waals surface area (Å²) in [6.45, 7) is 3.32. The number of hydrogen-bond acceptors (Lipinski definition) is 6. The second kappa shape index (κ2) is 11.8. The van der Waals surface area contributed by atoms with Gasteiger partial charge in [0.1, 0.15) is 23.5 Å². The van der Waals surface area contributed by atoms with E-state index in [1.807, 2.05) is 24.3 Å². The van der Waals surface area contributed by atoms with Crippen molar-refractivity contribution in [2.45, 2.75) is 68.0 Å². The lowest BCUT2D eigenvalue weighted by atomic mass is 9.87. The van der Waals surface area contributed by atoms with Gasteiger partial charge in [0.2, 0.25) is 0 Å². The van der Waals surface area contributed by atoms with E-state index < -0.39 is 17.9 Å². The first-order valence-corrected chi connectivity index (χ1v) is 18.2. The van der Waals surface area contributed by atoms with Crippen LogP contribution in [0.5, 0.6) is 5.75 Å². The van der Waals surface area contributed by atoms with Crippen molar-refractivity contribution in [2.75, 3.05) is 19.7 Å². The van der Waals surface area contributed by atoms with Gasteiger partial charge in [-0.15, -0.1) is 0 Å². The van der Waals surface area contributed by atoms with Crippen LogP contribution in [0.1, 0.15) is 93.0 Å². The average molecular weight is 662 g/mol. The minimum absolute atomic E-state index is 0.0319. The molecule has 4 atom stereocenters. The molecule has 244 valence electrons. The van der Waals surface area contributed by atoms with Crippen molar-refractivity contribution in [3.05, 3.63) is 100 Å². The van der Waals surface area contributed by atoms with Crippen LogP contribution in [0.15, 0.2) is 60.7 Å². The second-order valence-electron chi connectivity index (χ2n) is 13.8. The van der Waals surface area contributed by atoms with E-state index in [4.69, 9.17) is 14.5 Å². The van der Waals surface area contributed by atoms with Gasteiger partial charge in [0.15, 0.2) is 5.78 Å². The topological polar surface area (TPSA) is 93.9 Å². The van der Waals surface area contributed by atoms with Crippen LogP contribution in [0.4, 0.5) is 4.39 Å². The maximum absolute atomic E-state index is 15.3. The molecule has 0 spiro atoms. The van der Waals surface area contributed by atoms with Crippen molar-refractivity contribution in [2.24, 2.45) is 5.92 Å². The zero-order valence-electron chi connectivity index (χ0n) is 26.5. The molecule has 1 N–H and O–H groups in total. The van der Waals surface area contributed by atoms with Crippen molar-refractivity contribution in [3.8, 4) is 5.75 Å². The van der Waals surface area contributed by atoms with Crippen molar-refractivity contribution in [3.63, 3.8) is 0 Å². The third kappa shape index (κ3) is 5.40. The van der Waals surface area contributed by atoms with E-state index in [9.17, 15) is 14.7 Å². The van der Waals surface area contributed by atoms with Crippen LogP contribution in [0.25, 0.3) is 17.1 Å². The Labute approximate surface area is 280 Å². The molecular weight excluding hydrogens is 626 g/mol. The fourth-order valence-corrected chi connectivity index (χ4v) is 9.27. The molecule has 4 aromatic rings. The number of carbonyl (C=O) groups excluding carboxylic acids is 1. The summed E-state index contributed by atoms with van der Waals surface area (Å²) in [5.74, 6) is 0.852. The molecule has 1 saturated carbocycles. The molecule has 2 unspecified atom stereocenters. The molecule has 3 aromatic carbocycles. The normalized spacial score (nSPS) is 25.4. The van der Waals surface area contributed by atoms with E-state index in [2.05, 4.69) is 21.6 Å². The molecule has 9 rings (SSSR count). The number of ether oxygens (including phenoxy) is 2. The molecule has 3 saturated heterocycles. The number of Topliss-reactive ketones (excluding diaryl/α,β-unsaturated/α-hetero) is 1. The summed E-state index contributed by atoms with van der Waals surface area (Å²) in [4.78, 5) is 31.8. The highest BCUT2D eigenvalue weighted by molar-refractivity contribution is 6.53. The van der Waals surface area contributed by atoms with Gasteiger partial charge in [-0.25, -0.2) is 14.2 Å². The second-order valence-corrected chi connectivity index (χ2v) is 15.4. The predicted molar refractivity (Wildman–Crippen MR) is 179 cm³/mol. The van der Waals surface area contributed by atoms with Gasteiger partial charge < -0.3 is 19.1 Å². The summed E-state index contributed by atoms with van der Waals surface area (Å²) in [5.41, 5.74) is 5.84. The number of hydrogen-bond donors (Lipinski definition) is 1. The molecule has 48 heavy (non-hydrogen) atoms. The van der Waals surface area contributed by atoms with E-state index in [1.165, 1.54) is 6.07 Å². The number of aromatic nitrogens is 2. The van der Waals surface area contributed by atoms with Gasteiger partial charge in [0.05, 0.1) is 38.8 Å². The molecule has 10 heteroatoms. The number of nitrogens with zero attached hydrogens (tertiary/aromatic N) is 3. The van der Waals surface area contributed by atoms with Gasteiger partial charge in [-0.3, -0.25) is 9.69 Å². The predicted octanol–water partition coefficient (Wildman–Crippen LogP) is 6.79. The fraction of sp³-hybridized carbons (Fsp3) is 0.395. The maximum Gasteiger partial charge on any atom is 0.335 e. The van der Waals surface area contributed by atoms with Gasteiger partial charge in [0.25, 0.3) is 0 Å². The Kier molecular flexibility index (Phi) is 7.36. The lowest BCUT2D eigenvalue weighted by Gasteiger charge is -2.34. The zero-order valence-corrected chi connectivity index (χ0v) is 27.5. The van der Waals surface area contributed by atoms with Gasteiger partial charge in [-0.05, 0) is 92.6 Å². The number of fused-ring (bicyclic) bond motifs is 2. The highest BCUT2D eigenvalue weighted by atomic mass is 28.2. The first kappa shape index (κ1) is 30.0. The van der Waals surface area contributed by atoms with Crippen molar-refractivity contribution in [1.82, 2.24) is 14.5 Å². The third-order valence-corrected chi connectivity index (χ3v) is 12.4. The van der Waals surface area contributed by atoms with E-state index in [-0.39, 0.29) is 17.3 Å². The van der Waals surface area contributed by atoms with Crippen LogP contribution < -0.4 is 4.74 Å². The van der Waals surface area contributed by atoms with Gasteiger partial charge in [-0.1, -0.05) is 36.4 Å². The highest BCUT2D eigenvalue weighted by Crippen LogP contribution is 2.49. The lowest BCUT2D eigenvalue weighted by Crippen LogP contribution is -2.33. The Hall–Kier alpha value is -4.12. The molecule has 0 amide bonds. The summed E-state index contributed by atoms with van der Waals surface area (Å²) in [7, 11) is 0.751. The molecule has 1 aromatic heterocycles. The monoisotopic (exact) mass is 661 g/mol. The minimum Gasteiger partial charge on any atom is -0.481 e. The Bertz CT molecular complexity index is 1980. The maximum atomic E-state index is 15.3. The van der Waals surface area contributed by atoms with Gasteiger partial charge in [0, 0.05) is 34.9 Å². The molecule has 0 bridgehead atoms. The third-order valence-electron chi connectivity index (χ3n) is 10.7. The molecule has 1 aliphatic carbocycles. The number of para-hydroxylation sites is 1. The van der Waals surface area contributed by atoms with Crippen LogP contribution in [-0.4, -0.2) is 66.6 Å². The number of benzene rings is 3. The van der Waals surface area contributed by atoms with E-state index >= 15 is 4.39 Å². The quantitative estimate of drug-likeness (QED) is 0.156. The van der Waals surface area contributed by atoms with Gasteiger partial charge >= 0.3 is 5.97 Å². The minimum atomic E-state index is -0.928. The SMILES string of the molecule is O=C(O)c1ccc2nc(CN3CCC(c4cccc5c4O[C@@H](c4ccc(C(=O)C6CC6)cc4F)C=C5)CC3)n(C3[Si]C3[C@@H]3CCO3)c2c1. The Morgan fingerprint density at radius 2 is 1.79 bits per heavy atom. The molecular formula is C38H36FN3O5Si. The van der Waals surface area contributed by atoms with E-state index in [0.29, 0.717) is 40.9 Å². The number of piperidine rings is 1. The number of carbonyl (C=O) groups is 2. The summed E-state index contributed by atoms with van der Waals surface area (Å²) >= 11 is 0. The van der Waals surface area contributed by atoms with Crippen LogP contribution >= 0.6 is 0 Å². The zero-order chi connectivity index (χ0) is 32.5. The summed E-state index contributed by atoms with van der Waals surface area (Å²) in [6.07, 6.45) is 8.44. The number of carboxylic acid groups (broad SMARTS) is 1. The summed E-state index contributed by atoms with van der Waals surface area (Å²) in [6, 6.07) is 16.3. The molecule has 5 aliphatic rings. The van der Waals surface area contributed by atoms with Crippen molar-refractivity contribution in [1.29, 1.82) is 0 Å². The Balaban J connectivity index is 0.914. The molecule has 4 aliphatic heterocycles. The summed E-state index contributed by atoms with van der Waals surface area (Å²) in [5, 5.41) is 9.67. The highest BCUT2D eigenvalue weighted by Gasteiger charge is 2.49. The van der Waals surface area contributed by atoms with Crippen LogP contribution in [0.2, 0.25) is 5.54 Å². The number of rotatable bonds is 9. The first-order chi connectivity index (χ1) is 23.4. The number of carboxylic acids is 1. The molecule has 5 heterocycles. The van der Waals surface area contributed by atoms with E-state index in [0.717, 1.165) is 95.1 Å². The van der Waals surface area contributed by atoms with Crippen LogP contribution in [0.3, 0.4) is 0 Å². The Morgan fingerprint density at radius 3 is 2.52 bits per heavy atom. The van der Waals surface area contributed by atoms with Gasteiger partial charge in [-0.2, -0.15) is 0 Å².